The van der Waals surface area contributed by atoms with Gasteiger partial charge < -0.3 is 14.9 Å². The zero-order chi connectivity index (χ0) is 24.4. The maximum Gasteiger partial charge on any atom is 0.336 e. The first-order valence-corrected chi connectivity index (χ1v) is 12.5. The molecule has 0 amide bonds. The summed E-state index contributed by atoms with van der Waals surface area (Å²) >= 11 is 0. The molecule has 0 saturated carbocycles. The fourth-order valence-electron chi connectivity index (χ4n) is 5.45. The molecule has 5 heteroatoms. The van der Waals surface area contributed by atoms with Gasteiger partial charge in [-0.3, -0.25) is 4.98 Å². The average molecular weight is 468 g/mol. The molecule has 1 aromatic heterocycles. The Hall–Kier alpha value is -3.44. The minimum atomic E-state index is -0.877. The molecule has 180 valence electrons. The standard InChI is InChI=1S/C30H33N3O2/c1-32-17-14-22(15-18-32)21-7-9-26(10-8-21)33(2)27-11-12-28-23(3-5-24(28)19-27)4-6-25-20-31-16-13-29(25)30(34)35/h7-14,16,19-20,23H,3-6,15,17-18H2,1-2H3,(H,34,35)/t23-/m0/s1. The van der Waals surface area contributed by atoms with Crippen molar-refractivity contribution >= 4 is 22.9 Å². The van der Waals surface area contributed by atoms with Crippen molar-refractivity contribution in [2.75, 3.05) is 32.1 Å². The quantitative estimate of drug-likeness (QED) is 0.467. The van der Waals surface area contributed by atoms with Gasteiger partial charge in [0.2, 0.25) is 0 Å². The summed E-state index contributed by atoms with van der Waals surface area (Å²) < 4.78 is 0. The molecular weight excluding hydrogens is 434 g/mol. The van der Waals surface area contributed by atoms with Gasteiger partial charge in [0.25, 0.3) is 0 Å². The number of hydrogen-bond acceptors (Lipinski definition) is 4. The molecule has 3 aromatic rings. The van der Waals surface area contributed by atoms with Crippen molar-refractivity contribution < 1.29 is 9.90 Å². The fraction of sp³-hybridized carbons (Fsp3) is 0.333. The van der Waals surface area contributed by atoms with Crippen molar-refractivity contribution in [3.8, 4) is 0 Å². The maximum atomic E-state index is 11.5. The molecule has 1 N–H and O–H groups in total. The largest absolute Gasteiger partial charge is 0.478 e. The SMILES string of the molecule is CN1CC=C(c2ccc(N(C)c3ccc4c(c3)CC[C@H]4CCc3cnccc3C(=O)O)cc2)CC1. The van der Waals surface area contributed by atoms with Crippen LogP contribution in [0.25, 0.3) is 5.57 Å². The number of aromatic nitrogens is 1. The van der Waals surface area contributed by atoms with E-state index < -0.39 is 5.97 Å². The second-order valence-electron chi connectivity index (χ2n) is 9.84. The van der Waals surface area contributed by atoms with E-state index in [-0.39, 0.29) is 0 Å². The molecule has 0 saturated heterocycles. The summed E-state index contributed by atoms with van der Waals surface area (Å²) in [4.78, 5) is 20.2. The first-order valence-electron chi connectivity index (χ1n) is 12.5. The number of carboxylic acid groups (broad SMARTS) is 1. The van der Waals surface area contributed by atoms with E-state index in [1.165, 1.54) is 33.6 Å². The lowest BCUT2D eigenvalue weighted by Gasteiger charge is -2.23. The van der Waals surface area contributed by atoms with E-state index in [1.807, 2.05) is 0 Å². The summed E-state index contributed by atoms with van der Waals surface area (Å²) in [6.07, 6.45) is 10.6. The Morgan fingerprint density at radius 2 is 1.91 bits per heavy atom. The summed E-state index contributed by atoms with van der Waals surface area (Å²) in [7, 11) is 4.30. The molecule has 35 heavy (non-hydrogen) atoms. The third kappa shape index (κ3) is 5.01. The molecule has 2 aromatic carbocycles. The van der Waals surface area contributed by atoms with Gasteiger partial charge in [0.1, 0.15) is 0 Å². The Morgan fingerprint density at radius 1 is 1.11 bits per heavy atom. The van der Waals surface area contributed by atoms with Crippen molar-refractivity contribution in [1.82, 2.24) is 9.88 Å². The summed E-state index contributed by atoms with van der Waals surface area (Å²) in [6.45, 7) is 2.14. The van der Waals surface area contributed by atoms with Crippen LogP contribution in [0.5, 0.6) is 0 Å². The zero-order valence-electron chi connectivity index (χ0n) is 20.6. The Morgan fingerprint density at radius 3 is 2.66 bits per heavy atom. The number of aryl methyl sites for hydroxylation is 2. The Labute approximate surface area is 207 Å². The van der Waals surface area contributed by atoms with Crippen LogP contribution in [0, 0.1) is 0 Å². The van der Waals surface area contributed by atoms with E-state index in [0.717, 1.165) is 50.8 Å². The molecule has 2 heterocycles. The molecule has 5 rings (SSSR count). The van der Waals surface area contributed by atoms with Crippen LogP contribution in [0.15, 0.2) is 67.0 Å². The molecule has 0 bridgehead atoms. The first-order chi connectivity index (χ1) is 17.0. The summed E-state index contributed by atoms with van der Waals surface area (Å²) in [6, 6.07) is 17.4. The number of benzene rings is 2. The number of nitrogens with zero attached hydrogens (tertiary/aromatic N) is 3. The zero-order valence-corrected chi connectivity index (χ0v) is 20.6. The van der Waals surface area contributed by atoms with E-state index in [0.29, 0.717) is 11.5 Å². The summed E-state index contributed by atoms with van der Waals surface area (Å²) in [5, 5.41) is 9.45. The number of aromatic carboxylic acids is 1. The molecule has 0 unspecified atom stereocenters. The number of likely N-dealkylation sites (N-methyl/N-ethyl adjacent to an activating group) is 1. The topological polar surface area (TPSA) is 56.7 Å². The van der Waals surface area contributed by atoms with Gasteiger partial charge in [0, 0.05) is 43.9 Å². The van der Waals surface area contributed by atoms with E-state index in [1.54, 1.807) is 18.5 Å². The number of hydrogen-bond donors (Lipinski definition) is 1. The van der Waals surface area contributed by atoms with Gasteiger partial charge in [0.15, 0.2) is 0 Å². The maximum absolute atomic E-state index is 11.5. The minimum Gasteiger partial charge on any atom is -0.478 e. The highest BCUT2D eigenvalue weighted by Crippen LogP contribution is 2.39. The van der Waals surface area contributed by atoms with E-state index in [9.17, 15) is 9.90 Å². The van der Waals surface area contributed by atoms with Crippen LogP contribution in [-0.2, 0) is 12.8 Å². The Kier molecular flexibility index (Phi) is 6.69. The fourth-order valence-corrected chi connectivity index (χ4v) is 5.45. The predicted octanol–water partition coefficient (Wildman–Crippen LogP) is 5.93. The van der Waals surface area contributed by atoms with Crippen molar-refractivity contribution in [2.24, 2.45) is 0 Å². The lowest BCUT2D eigenvalue weighted by atomic mass is 9.93. The van der Waals surface area contributed by atoms with Crippen molar-refractivity contribution in [3.63, 3.8) is 0 Å². The van der Waals surface area contributed by atoms with E-state index in [4.69, 9.17) is 0 Å². The lowest BCUT2D eigenvalue weighted by Crippen LogP contribution is -2.23. The van der Waals surface area contributed by atoms with Crippen molar-refractivity contribution in [1.29, 1.82) is 0 Å². The van der Waals surface area contributed by atoms with Crippen LogP contribution in [0.1, 0.15) is 57.8 Å². The van der Waals surface area contributed by atoms with Crippen LogP contribution < -0.4 is 4.90 Å². The van der Waals surface area contributed by atoms with Gasteiger partial charge in [-0.15, -0.1) is 0 Å². The smallest absolute Gasteiger partial charge is 0.336 e. The first kappa shape index (κ1) is 23.3. The average Bonchev–Trinajstić information content (AvgIpc) is 3.30. The molecule has 1 atom stereocenters. The monoisotopic (exact) mass is 467 g/mol. The summed E-state index contributed by atoms with van der Waals surface area (Å²) in [5.41, 5.74) is 9.18. The predicted molar refractivity (Wildman–Crippen MR) is 142 cm³/mol. The highest BCUT2D eigenvalue weighted by atomic mass is 16.4. The number of carbonyl (C=O) groups is 1. The van der Waals surface area contributed by atoms with Crippen molar-refractivity contribution in [3.05, 3.63) is 94.8 Å². The van der Waals surface area contributed by atoms with Gasteiger partial charge >= 0.3 is 5.97 Å². The van der Waals surface area contributed by atoms with E-state index in [2.05, 4.69) is 77.4 Å². The highest BCUT2D eigenvalue weighted by molar-refractivity contribution is 5.89. The second-order valence-corrected chi connectivity index (χ2v) is 9.84. The molecule has 0 spiro atoms. The summed E-state index contributed by atoms with van der Waals surface area (Å²) in [5.74, 6) is -0.411. The van der Waals surface area contributed by atoms with Crippen LogP contribution in [0.2, 0.25) is 0 Å². The number of anilines is 2. The van der Waals surface area contributed by atoms with Gasteiger partial charge in [0.05, 0.1) is 5.56 Å². The molecule has 1 aliphatic carbocycles. The third-order valence-corrected chi connectivity index (χ3v) is 7.65. The van der Waals surface area contributed by atoms with Crippen LogP contribution in [0.3, 0.4) is 0 Å². The molecular formula is C30H33N3O2. The molecule has 1 aliphatic heterocycles. The normalized spacial score (nSPS) is 17.7. The molecule has 5 nitrogen and oxygen atoms in total. The van der Waals surface area contributed by atoms with Gasteiger partial charge in [-0.25, -0.2) is 4.79 Å². The van der Waals surface area contributed by atoms with Gasteiger partial charge in [-0.05, 0) is 103 Å². The van der Waals surface area contributed by atoms with Crippen molar-refractivity contribution in [2.45, 2.75) is 38.0 Å². The Bertz CT molecular complexity index is 1250. The third-order valence-electron chi connectivity index (χ3n) is 7.65. The number of carboxylic acids is 1. The molecule has 0 radical (unpaired) electrons. The van der Waals surface area contributed by atoms with E-state index >= 15 is 0 Å². The number of rotatable bonds is 7. The lowest BCUT2D eigenvalue weighted by molar-refractivity contribution is 0.0695. The van der Waals surface area contributed by atoms with Gasteiger partial charge in [-0.2, -0.15) is 0 Å². The Balaban J connectivity index is 1.27. The van der Waals surface area contributed by atoms with Crippen LogP contribution in [0.4, 0.5) is 11.4 Å². The minimum absolute atomic E-state index is 0.369. The van der Waals surface area contributed by atoms with Crippen LogP contribution >= 0.6 is 0 Å². The molecule has 0 fully saturated rings. The number of fused-ring (bicyclic) bond motifs is 1. The molecule has 2 aliphatic rings. The van der Waals surface area contributed by atoms with Gasteiger partial charge in [-0.1, -0.05) is 24.3 Å². The highest BCUT2D eigenvalue weighted by Gasteiger charge is 2.24. The number of pyridine rings is 1. The second kappa shape index (κ2) is 10.0. The van der Waals surface area contributed by atoms with Crippen LogP contribution in [-0.4, -0.2) is 48.1 Å².